The Labute approximate surface area is 159 Å². The number of ether oxygens (including phenoxy) is 2. The van der Waals surface area contributed by atoms with Crippen LogP contribution in [-0.4, -0.2) is 37.2 Å². The number of carbonyl (C=O) groups is 3. The molecule has 0 fully saturated rings. The summed E-state index contributed by atoms with van der Waals surface area (Å²) in [6, 6.07) is 4.87. The van der Waals surface area contributed by atoms with Gasteiger partial charge in [-0.25, -0.2) is 4.79 Å². The van der Waals surface area contributed by atoms with Crippen molar-refractivity contribution in [3.05, 3.63) is 29.3 Å². The summed E-state index contributed by atoms with van der Waals surface area (Å²) >= 11 is 0. The van der Waals surface area contributed by atoms with Crippen molar-refractivity contribution in [2.24, 2.45) is 11.5 Å². The van der Waals surface area contributed by atoms with E-state index in [-0.39, 0.29) is 31.4 Å². The van der Waals surface area contributed by atoms with Crippen LogP contribution in [0.2, 0.25) is 0 Å². The number of rotatable bonds is 10. The maximum Gasteiger partial charge on any atom is 0.513 e. The molecule has 5 N–H and O–H groups in total. The topological polar surface area (TPSA) is 134 Å². The van der Waals surface area contributed by atoms with Crippen LogP contribution in [-0.2, 0) is 14.3 Å². The SMILES string of the molecule is CC(C)c1cccc(C(C)C)c1OC(=O)OCCN[C@@H](CC(N)=O)C(N)=O. The number of primary amides is 2. The van der Waals surface area contributed by atoms with E-state index in [1.807, 2.05) is 45.9 Å². The second-order valence-electron chi connectivity index (χ2n) is 6.86. The molecule has 0 unspecified atom stereocenters. The molecule has 1 aromatic rings. The van der Waals surface area contributed by atoms with E-state index in [0.717, 1.165) is 11.1 Å². The van der Waals surface area contributed by atoms with Gasteiger partial charge in [-0.15, -0.1) is 0 Å². The highest BCUT2D eigenvalue weighted by molar-refractivity contribution is 5.86. The Morgan fingerprint density at radius 2 is 1.59 bits per heavy atom. The van der Waals surface area contributed by atoms with Crippen LogP contribution in [0.25, 0.3) is 0 Å². The molecule has 2 amide bonds. The average molecular weight is 379 g/mol. The van der Waals surface area contributed by atoms with Crippen molar-refractivity contribution in [3.63, 3.8) is 0 Å². The summed E-state index contributed by atoms with van der Waals surface area (Å²) < 4.78 is 10.5. The van der Waals surface area contributed by atoms with Gasteiger partial charge in [0.2, 0.25) is 11.8 Å². The lowest BCUT2D eigenvalue weighted by molar-refractivity contribution is -0.125. The molecule has 8 nitrogen and oxygen atoms in total. The Balaban J connectivity index is 2.65. The highest BCUT2D eigenvalue weighted by Gasteiger charge is 2.20. The van der Waals surface area contributed by atoms with E-state index >= 15 is 0 Å². The first-order chi connectivity index (χ1) is 12.6. The van der Waals surface area contributed by atoms with E-state index in [1.165, 1.54) is 0 Å². The van der Waals surface area contributed by atoms with Crippen molar-refractivity contribution in [1.82, 2.24) is 5.32 Å². The standard InChI is InChI=1S/C19H29N3O5/c1-11(2)13-6-5-7-14(12(3)4)17(13)27-19(25)26-9-8-22-15(18(21)24)10-16(20)23/h5-7,11-12,15,22H,8-10H2,1-4H3,(H2,20,23)(H2,21,24)/t15-/m0/s1. The van der Waals surface area contributed by atoms with Crippen LogP contribution in [0.1, 0.15) is 57.1 Å². The van der Waals surface area contributed by atoms with Gasteiger partial charge in [-0.1, -0.05) is 45.9 Å². The summed E-state index contributed by atoms with van der Waals surface area (Å²) in [5, 5.41) is 2.72. The van der Waals surface area contributed by atoms with Crippen molar-refractivity contribution in [3.8, 4) is 5.75 Å². The van der Waals surface area contributed by atoms with Gasteiger partial charge in [0.1, 0.15) is 12.4 Å². The van der Waals surface area contributed by atoms with Crippen molar-refractivity contribution in [2.75, 3.05) is 13.2 Å². The van der Waals surface area contributed by atoms with Crippen molar-refractivity contribution >= 4 is 18.0 Å². The van der Waals surface area contributed by atoms with Crippen LogP contribution < -0.4 is 21.5 Å². The third kappa shape index (κ3) is 7.26. The van der Waals surface area contributed by atoms with Crippen LogP contribution in [0.15, 0.2) is 18.2 Å². The lowest BCUT2D eigenvalue weighted by Gasteiger charge is -2.19. The molecule has 0 aliphatic heterocycles. The van der Waals surface area contributed by atoms with Gasteiger partial charge in [-0.2, -0.15) is 0 Å². The summed E-state index contributed by atoms with van der Waals surface area (Å²) in [5.41, 5.74) is 12.1. The summed E-state index contributed by atoms with van der Waals surface area (Å²) in [4.78, 5) is 34.2. The molecule has 0 saturated heterocycles. The molecule has 0 aliphatic carbocycles. The predicted molar refractivity (Wildman–Crippen MR) is 101 cm³/mol. The zero-order valence-corrected chi connectivity index (χ0v) is 16.3. The van der Waals surface area contributed by atoms with Crippen LogP contribution in [0, 0.1) is 0 Å². The Hall–Kier alpha value is -2.61. The van der Waals surface area contributed by atoms with Gasteiger partial charge < -0.3 is 26.3 Å². The molecule has 0 aliphatic rings. The van der Waals surface area contributed by atoms with Crippen LogP contribution in [0.3, 0.4) is 0 Å². The Morgan fingerprint density at radius 3 is 2.04 bits per heavy atom. The fourth-order valence-electron chi connectivity index (χ4n) is 2.56. The Kier molecular flexibility index (Phi) is 8.74. The summed E-state index contributed by atoms with van der Waals surface area (Å²) in [6.45, 7) is 8.14. The second kappa shape index (κ2) is 10.5. The molecule has 0 spiro atoms. The number of hydrogen-bond acceptors (Lipinski definition) is 6. The van der Waals surface area contributed by atoms with Crippen molar-refractivity contribution < 1.29 is 23.9 Å². The third-order valence-electron chi connectivity index (χ3n) is 3.97. The van der Waals surface area contributed by atoms with Gasteiger partial charge in [0.15, 0.2) is 0 Å². The summed E-state index contributed by atoms with van der Waals surface area (Å²) in [6.07, 6.45) is -1.06. The minimum Gasteiger partial charge on any atom is -0.433 e. The minimum atomic E-state index is -0.906. The first-order valence-corrected chi connectivity index (χ1v) is 8.91. The maximum atomic E-state index is 12.1. The summed E-state index contributed by atoms with van der Waals surface area (Å²) in [7, 11) is 0. The van der Waals surface area contributed by atoms with E-state index in [9.17, 15) is 14.4 Å². The fraction of sp³-hybridized carbons (Fsp3) is 0.526. The zero-order chi connectivity index (χ0) is 20.6. The van der Waals surface area contributed by atoms with Gasteiger partial charge in [0, 0.05) is 6.54 Å². The zero-order valence-electron chi connectivity index (χ0n) is 16.3. The number of carbonyl (C=O) groups excluding carboxylic acids is 3. The van der Waals surface area contributed by atoms with Crippen LogP contribution in [0.5, 0.6) is 5.75 Å². The lowest BCUT2D eigenvalue weighted by Crippen LogP contribution is -2.45. The first-order valence-electron chi connectivity index (χ1n) is 8.91. The molecule has 1 rings (SSSR count). The summed E-state index contributed by atoms with van der Waals surface area (Å²) in [5.74, 6) is -0.484. The van der Waals surface area contributed by atoms with Gasteiger partial charge >= 0.3 is 6.16 Å². The largest absolute Gasteiger partial charge is 0.513 e. The van der Waals surface area contributed by atoms with Gasteiger partial charge in [-0.3, -0.25) is 9.59 Å². The Morgan fingerprint density at radius 1 is 1.04 bits per heavy atom. The molecule has 150 valence electrons. The van der Waals surface area contributed by atoms with E-state index in [2.05, 4.69) is 5.32 Å². The van der Waals surface area contributed by atoms with Gasteiger partial charge in [-0.05, 0) is 23.0 Å². The number of nitrogens with one attached hydrogen (secondary N) is 1. The average Bonchev–Trinajstić information content (AvgIpc) is 2.56. The molecule has 0 aromatic heterocycles. The molecule has 0 heterocycles. The van der Waals surface area contributed by atoms with Crippen molar-refractivity contribution in [2.45, 2.75) is 52.0 Å². The van der Waals surface area contributed by atoms with E-state index < -0.39 is 24.0 Å². The maximum absolute atomic E-state index is 12.1. The molecule has 1 aromatic carbocycles. The quantitative estimate of drug-likeness (QED) is 0.322. The number of hydrogen-bond donors (Lipinski definition) is 3. The van der Waals surface area contributed by atoms with Crippen molar-refractivity contribution in [1.29, 1.82) is 0 Å². The number of amides is 2. The number of para-hydroxylation sites is 1. The normalized spacial score (nSPS) is 12.1. The van der Waals surface area contributed by atoms with Gasteiger partial charge in [0.05, 0.1) is 12.5 Å². The highest BCUT2D eigenvalue weighted by Crippen LogP contribution is 2.34. The van der Waals surface area contributed by atoms with Crippen LogP contribution in [0.4, 0.5) is 4.79 Å². The van der Waals surface area contributed by atoms with E-state index in [0.29, 0.717) is 5.75 Å². The lowest BCUT2D eigenvalue weighted by atomic mass is 9.94. The molecule has 0 bridgehead atoms. The fourth-order valence-corrected chi connectivity index (χ4v) is 2.56. The van der Waals surface area contributed by atoms with E-state index in [4.69, 9.17) is 20.9 Å². The number of benzene rings is 1. The molecular formula is C19H29N3O5. The third-order valence-corrected chi connectivity index (χ3v) is 3.97. The van der Waals surface area contributed by atoms with Gasteiger partial charge in [0.25, 0.3) is 0 Å². The minimum absolute atomic E-state index is 0.0533. The molecule has 1 atom stereocenters. The predicted octanol–water partition coefficient (Wildman–Crippen LogP) is 1.77. The molecular weight excluding hydrogens is 350 g/mol. The van der Waals surface area contributed by atoms with Crippen LogP contribution >= 0.6 is 0 Å². The molecule has 0 radical (unpaired) electrons. The molecule has 8 heteroatoms. The molecule has 0 saturated carbocycles. The smallest absolute Gasteiger partial charge is 0.433 e. The monoisotopic (exact) mass is 379 g/mol. The first kappa shape index (κ1) is 22.4. The molecule has 27 heavy (non-hydrogen) atoms. The Bertz CT molecular complexity index is 647. The highest BCUT2D eigenvalue weighted by atomic mass is 16.7. The number of nitrogens with two attached hydrogens (primary N) is 2. The van der Waals surface area contributed by atoms with E-state index in [1.54, 1.807) is 0 Å². The second-order valence-corrected chi connectivity index (χ2v) is 6.86.